The number of nitrogens with one attached hydrogen (secondary N) is 2. The Kier molecular flexibility index (Phi) is 7.59. The van der Waals surface area contributed by atoms with Crippen LogP contribution < -0.4 is 10.6 Å². The maximum Gasteiger partial charge on any atom is 0.340 e. The van der Waals surface area contributed by atoms with Crippen LogP contribution in [0.1, 0.15) is 32.1 Å². The Balaban J connectivity index is 1.45. The van der Waals surface area contributed by atoms with Gasteiger partial charge in [0, 0.05) is 12.0 Å². The van der Waals surface area contributed by atoms with Crippen LogP contribution in [0.5, 0.6) is 0 Å². The summed E-state index contributed by atoms with van der Waals surface area (Å²) in [4.78, 5) is 31.8. The molecule has 7 N–H and O–H groups in total. The van der Waals surface area contributed by atoms with Crippen LogP contribution in [-0.4, -0.2) is 76.3 Å². The molecule has 2 aliphatic rings. The van der Waals surface area contributed by atoms with Gasteiger partial charge in [-0.15, -0.1) is 5.10 Å². The predicted octanol–water partition coefficient (Wildman–Crippen LogP) is 1.60. The molecule has 2 saturated carbocycles. The van der Waals surface area contributed by atoms with Crippen LogP contribution in [0.15, 0.2) is 12.1 Å². The van der Waals surface area contributed by atoms with Gasteiger partial charge in [0.2, 0.25) is 5.28 Å². The molecular formula is C18H28ClN5O8P2. The van der Waals surface area contributed by atoms with Crippen molar-refractivity contribution < 1.29 is 38.5 Å². The van der Waals surface area contributed by atoms with E-state index in [1.807, 2.05) is 0 Å². The van der Waals surface area contributed by atoms with Crippen LogP contribution in [0.2, 0.25) is 5.28 Å². The highest BCUT2D eigenvalue weighted by atomic mass is 35.5. The molecular weight excluding hydrogens is 512 g/mol. The minimum Gasteiger partial charge on any atom is -0.390 e. The molecule has 2 aromatic rings. The molecule has 0 radical (unpaired) electrons. The van der Waals surface area contributed by atoms with Gasteiger partial charge in [0.1, 0.15) is 17.4 Å². The van der Waals surface area contributed by atoms with Crippen molar-refractivity contribution in [1.29, 1.82) is 0 Å². The monoisotopic (exact) mass is 539 g/mol. The van der Waals surface area contributed by atoms with E-state index in [0.29, 0.717) is 23.2 Å². The van der Waals surface area contributed by atoms with Gasteiger partial charge in [-0.25, -0.2) is 4.52 Å². The molecule has 0 saturated heterocycles. The molecule has 2 heterocycles. The molecule has 0 aliphatic heterocycles. The Hall–Kier alpha value is -1.27. The molecule has 0 spiro atoms. The summed E-state index contributed by atoms with van der Waals surface area (Å²) < 4.78 is 29.3. The Morgan fingerprint density at radius 1 is 1.12 bits per heavy atom. The number of aliphatic hydroxyl groups is 2. The van der Waals surface area contributed by atoms with E-state index < -0.39 is 51.9 Å². The molecule has 2 aliphatic carbocycles. The third-order valence-electron chi connectivity index (χ3n) is 6.17. The molecule has 2 fully saturated rings. The highest BCUT2D eigenvalue weighted by Crippen LogP contribution is 2.55. The SMILES string of the molecule is O=P(O)(O)CP(=O)(O)OC[C@H]1C[C@@H](Nc2ccc3c(NC4CCCC4)nc(Cl)nn23)[C@H](O)[C@@H]1O. The van der Waals surface area contributed by atoms with Crippen molar-refractivity contribution in [2.75, 3.05) is 23.1 Å². The zero-order chi connectivity index (χ0) is 24.7. The number of aromatic nitrogens is 3. The summed E-state index contributed by atoms with van der Waals surface area (Å²) in [6.45, 7) is -0.456. The summed E-state index contributed by atoms with van der Waals surface area (Å²) in [5.41, 5.74) is 0.686. The number of hydrogen-bond acceptors (Lipinski definition) is 9. The minimum atomic E-state index is -4.76. The maximum absolute atomic E-state index is 11.9. The number of rotatable bonds is 9. The zero-order valence-electron chi connectivity index (χ0n) is 18.1. The molecule has 0 aromatic carbocycles. The largest absolute Gasteiger partial charge is 0.390 e. The lowest BCUT2D eigenvalue weighted by molar-refractivity contribution is 0.00630. The molecule has 190 valence electrons. The molecule has 1 unspecified atom stereocenters. The number of fused-ring (bicyclic) bond motifs is 1. The van der Waals surface area contributed by atoms with Crippen molar-refractivity contribution in [3.8, 4) is 0 Å². The fraction of sp³-hybridized carbons (Fsp3) is 0.667. The lowest BCUT2D eigenvalue weighted by atomic mass is 10.1. The second-order valence-electron chi connectivity index (χ2n) is 8.84. The van der Waals surface area contributed by atoms with Gasteiger partial charge in [-0.05, 0) is 43.0 Å². The summed E-state index contributed by atoms with van der Waals surface area (Å²) in [7, 11) is -9.33. The number of nitrogens with zero attached hydrogens (tertiary/aromatic N) is 3. The van der Waals surface area contributed by atoms with Crippen molar-refractivity contribution >= 4 is 43.9 Å². The average Bonchev–Trinajstić information content (AvgIpc) is 3.42. The molecule has 34 heavy (non-hydrogen) atoms. The standard InChI is InChI=1S/C18H28ClN5O8P2/c19-18-22-17(20-11-3-1-2-4-11)13-5-6-14(24(13)23-18)21-12-7-10(15(25)16(12)26)8-32-34(30,31)9-33(27,28)29/h5-6,10-12,15-16,21,25-26H,1-4,7-9H2,(H,30,31)(H,20,22,23)(H2,27,28,29)/t10-,12-,15-,16+/m1/s1. The van der Waals surface area contributed by atoms with E-state index >= 15 is 0 Å². The molecule has 5 atom stereocenters. The minimum absolute atomic E-state index is 0.0364. The normalized spacial score (nSPS) is 27.8. The smallest absolute Gasteiger partial charge is 0.340 e. The third kappa shape index (κ3) is 6.10. The van der Waals surface area contributed by atoms with E-state index in [4.69, 9.17) is 25.9 Å². The Bertz CT molecular complexity index is 1120. The highest BCUT2D eigenvalue weighted by Gasteiger charge is 2.43. The number of aliphatic hydroxyl groups excluding tert-OH is 2. The summed E-state index contributed by atoms with van der Waals surface area (Å²) in [5, 5.41) is 31.7. The topological polar surface area (TPSA) is 199 Å². The zero-order valence-corrected chi connectivity index (χ0v) is 20.6. The van der Waals surface area contributed by atoms with Crippen LogP contribution in [0.3, 0.4) is 0 Å². The second kappa shape index (κ2) is 10.0. The van der Waals surface area contributed by atoms with Crippen molar-refractivity contribution in [3.05, 3.63) is 17.4 Å². The fourth-order valence-electron chi connectivity index (χ4n) is 4.56. The van der Waals surface area contributed by atoms with E-state index in [9.17, 15) is 24.2 Å². The van der Waals surface area contributed by atoms with Gasteiger partial charge in [-0.3, -0.25) is 9.13 Å². The van der Waals surface area contributed by atoms with Crippen LogP contribution >= 0.6 is 26.8 Å². The summed E-state index contributed by atoms with van der Waals surface area (Å²) >= 11 is 6.14. The molecule has 4 rings (SSSR count). The van der Waals surface area contributed by atoms with E-state index in [0.717, 1.165) is 25.7 Å². The van der Waals surface area contributed by atoms with E-state index in [2.05, 4.69) is 20.7 Å². The lowest BCUT2D eigenvalue weighted by Crippen LogP contribution is -2.35. The van der Waals surface area contributed by atoms with Crippen LogP contribution in [0, 0.1) is 5.92 Å². The molecule has 16 heteroatoms. The van der Waals surface area contributed by atoms with Crippen molar-refractivity contribution in [1.82, 2.24) is 14.6 Å². The van der Waals surface area contributed by atoms with Crippen molar-refractivity contribution in [3.63, 3.8) is 0 Å². The van der Waals surface area contributed by atoms with E-state index in [-0.39, 0.29) is 11.7 Å². The summed E-state index contributed by atoms with van der Waals surface area (Å²) in [5.74, 6) is -0.961. The van der Waals surface area contributed by atoms with Crippen LogP contribution in [0.4, 0.5) is 11.6 Å². The maximum atomic E-state index is 11.9. The third-order valence-corrected chi connectivity index (χ3v) is 9.79. The van der Waals surface area contributed by atoms with E-state index in [1.165, 1.54) is 0 Å². The first-order valence-electron chi connectivity index (χ1n) is 10.9. The molecule has 0 amide bonds. The predicted molar refractivity (Wildman–Crippen MR) is 124 cm³/mol. The first-order chi connectivity index (χ1) is 15.9. The van der Waals surface area contributed by atoms with Gasteiger partial charge in [0.05, 0.1) is 18.8 Å². The molecule has 2 aromatic heterocycles. The van der Waals surface area contributed by atoms with Crippen molar-refractivity contribution in [2.45, 2.75) is 56.4 Å². The first kappa shape index (κ1) is 25.8. The van der Waals surface area contributed by atoms with Gasteiger partial charge in [-0.1, -0.05) is 12.8 Å². The average molecular weight is 540 g/mol. The Morgan fingerprint density at radius 2 is 1.82 bits per heavy atom. The van der Waals surface area contributed by atoms with Gasteiger partial charge in [-0.2, -0.15) is 4.98 Å². The number of halogens is 1. The van der Waals surface area contributed by atoms with Crippen LogP contribution in [0.25, 0.3) is 5.52 Å². The Labute approximate surface area is 200 Å². The number of anilines is 2. The molecule has 0 bridgehead atoms. The first-order valence-corrected chi connectivity index (χ1v) is 14.8. The van der Waals surface area contributed by atoms with Gasteiger partial charge in [0.25, 0.3) is 0 Å². The summed E-state index contributed by atoms with van der Waals surface area (Å²) in [6, 6.07) is 3.20. The lowest BCUT2D eigenvalue weighted by Gasteiger charge is -2.19. The van der Waals surface area contributed by atoms with Crippen LogP contribution in [-0.2, 0) is 13.7 Å². The molecule has 13 nitrogen and oxygen atoms in total. The van der Waals surface area contributed by atoms with Crippen molar-refractivity contribution in [2.24, 2.45) is 5.92 Å². The van der Waals surface area contributed by atoms with Gasteiger partial charge < -0.3 is 40.1 Å². The van der Waals surface area contributed by atoms with Gasteiger partial charge in [0.15, 0.2) is 11.7 Å². The van der Waals surface area contributed by atoms with E-state index in [1.54, 1.807) is 16.6 Å². The van der Waals surface area contributed by atoms with Gasteiger partial charge >= 0.3 is 15.2 Å². The highest BCUT2D eigenvalue weighted by molar-refractivity contribution is 7.70. The number of hydrogen-bond donors (Lipinski definition) is 7. The second-order valence-corrected chi connectivity index (χ2v) is 13.2. The summed E-state index contributed by atoms with van der Waals surface area (Å²) in [6.07, 6.45) is 2.05. The quantitative estimate of drug-likeness (QED) is 0.227. The Morgan fingerprint density at radius 3 is 2.50 bits per heavy atom. The fourth-order valence-corrected chi connectivity index (χ4v) is 7.33.